The first-order valence-corrected chi connectivity index (χ1v) is 5.68. The lowest BCUT2D eigenvalue weighted by Gasteiger charge is -2.07. The number of benzene rings is 1. The zero-order valence-corrected chi connectivity index (χ0v) is 10.8. The van der Waals surface area contributed by atoms with Gasteiger partial charge in [-0.3, -0.25) is 0 Å². The molecule has 1 aromatic heterocycles. The monoisotopic (exact) mass is 264 g/mol. The lowest BCUT2D eigenvalue weighted by molar-refractivity contribution is 0.415. The van der Waals surface area contributed by atoms with Crippen LogP contribution in [-0.4, -0.2) is 17.1 Å². The zero-order valence-electron chi connectivity index (χ0n) is 10.1. The van der Waals surface area contributed by atoms with Gasteiger partial charge in [0.25, 0.3) is 0 Å². The first kappa shape index (κ1) is 12.6. The number of halogens is 1. The van der Waals surface area contributed by atoms with Crippen LogP contribution in [0.1, 0.15) is 5.69 Å². The second-order valence-corrected chi connectivity index (χ2v) is 4.12. The molecule has 18 heavy (non-hydrogen) atoms. The van der Waals surface area contributed by atoms with E-state index in [0.717, 1.165) is 11.3 Å². The number of nitrogens with two attached hydrogens (primary N) is 1. The van der Waals surface area contributed by atoms with Crippen molar-refractivity contribution in [1.29, 1.82) is 0 Å². The number of rotatable bonds is 3. The number of hydrazine groups is 1. The van der Waals surface area contributed by atoms with Crippen molar-refractivity contribution in [1.82, 2.24) is 9.97 Å². The second kappa shape index (κ2) is 5.20. The molecule has 0 saturated heterocycles. The lowest BCUT2D eigenvalue weighted by atomic mass is 10.2. The maximum absolute atomic E-state index is 6.07. The third-order valence-electron chi connectivity index (χ3n) is 2.41. The number of hydrogen-bond donors (Lipinski definition) is 2. The van der Waals surface area contributed by atoms with E-state index >= 15 is 0 Å². The molecule has 2 aromatic rings. The summed E-state index contributed by atoms with van der Waals surface area (Å²) in [4.78, 5) is 8.61. The number of aryl methyl sites for hydroxylation is 1. The minimum absolute atomic E-state index is 0.516. The fourth-order valence-corrected chi connectivity index (χ4v) is 1.83. The van der Waals surface area contributed by atoms with E-state index < -0.39 is 0 Å². The van der Waals surface area contributed by atoms with Crippen molar-refractivity contribution in [3.63, 3.8) is 0 Å². The Kier molecular flexibility index (Phi) is 3.64. The summed E-state index contributed by atoms with van der Waals surface area (Å²) in [6.45, 7) is 1.87. The molecule has 0 aliphatic rings. The minimum Gasteiger partial charge on any atom is -0.495 e. The highest BCUT2D eigenvalue weighted by Crippen LogP contribution is 2.29. The van der Waals surface area contributed by atoms with Gasteiger partial charge in [0.05, 0.1) is 12.1 Å². The number of hydrogen-bond acceptors (Lipinski definition) is 5. The van der Waals surface area contributed by atoms with Crippen LogP contribution in [0.15, 0.2) is 24.3 Å². The van der Waals surface area contributed by atoms with Gasteiger partial charge in [0.15, 0.2) is 5.82 Å². The molecular weight excluding hydrogens is 252 g/mol. The highest BCUT2D eigenvalue weighted by molar-refractivity contribution is 6.32. The molecule has 0 unspecified atom stereocenters. The van der Waals surface area contributed by atoms with Crippen LogP contribution in [0.3, 0.4) is 0 Å². The van der Waals surface area contributed by atoms with Crippen LogP contribution >= 0.6 is 11.6 Å². The summed E-state index contributed by atoms with van der Waals surface area (Å²) in [6, 6.07) is 7.14. The maximum atomic E-state index is 6.07. The van der Waals surface area contributed by atoms with Gasteiger partial charge in [0.2, 0.25) is 0 Å². The molecule has 94 valence electrons. The van der Waals surface area contributed by atoms with Crippen molar-refractivity contribution in [3.8, 4) is 17.1 Å². The van der Waals surface area contributed by atoms with Crippen LogP contribution in [0, 0.1) is 6.92 Å². The molecule has 5 nitrogen and oxygen atoms in total. The normalized spacial score (nSPS) is 10.2. The molecule has 0 atom stereocenters. The van der Waals surface area contributed by atoms with Crippen LogP contribution in [-0.2, 0) is 0 Å². The number of anilines is 1. The second-order valence-electron chi connectivity index (χ2n) is 3.71. The van der Waals surface area contributed by atoms with Gasteiger partial charge in [-0.2, -0.15) is 0 Å². The van der Waals surface area contributed by atoms with E-state index in [1.807, 2.05) is 13.0 Å². The molecule has 0 aliphatic heterocycles. The Hall–Kier alpha value is -1.85. The van der Waals surface area contributed by atoms with Crippen molar-refractivity contribution in [2.75, 3.05) is 12.5 Å². The van der Waals surface area contributed by atoms with Crippen molar-refractivity contribution in [2.24, 2.45) is 5.84 Å². The van der Waals surface area contributed by atoms with Crippen molar-refractivity contribution in [2.45, 2.75) is 6.92 Å². The number of ether oxygens (including phenoxy) is 1. The lowest BCUT2D eigenvalue weighted by Crippen LogP contribution is -2.09. The van der Waals surface area contributed by atoms with Crippen molar-refractivity contribution in [3.05, 3.63) is 35.0 Å². The van der Waals surface area contributed by atoms with Gasteiger partial charge in [-0.05, 0) is 25.1 Å². The summed E-state index contributed by atoms with van der Waals surface area (Å²) < 4.78 is 5.10. The third-order valence-corrected chi connectivity index (χ3v) is 2.71. The molecule has 3 N–H and O–H groups in total. The summed E-state index contributed by atoms with van der Waals surface area (Å²) in [5, 5.41) is 0.516. The number of nitrogens with zero attached hydrogens (tertiary/aromatic N) is 2. The highest BCUT2D eigenvalue weighted by atomic mass is 35.5. The van der Waals surface area contributed by atoms with Gasteiger partial charge in [0, 0.05) is 17.3 Å². The van der Waals surface area contributed by atoms with E-state index in [4.69, 9.17) is 22.2 Å². The summed E-state index contributed by atoms with van der Waals surface area (Å²) >= 11 is 6.07. The molecule has 2 rings (SSSR count). The SMILES string of the molecule is COc1ccc(-c2nc(C)cc(NN)n2)cc1Cl. The molecular formula is C12H13ClN4O. The Morgan fingerprint density at radius 1 is 1.28 bits per heavy atom. The third kappa shape index (κ3) is 2.52. The zero-order chi connectivity index (χ0) is 13.1. The molecule has 0 aliphatic carbocycles. The number of methoxy groups -OCH3 is 1. The molecule has 1 aromatic carbocycles. The topological polar surface area (TPSA) is 73.1 Å². The van der Waals surface area contributed by atoms with Gasteiger partial charge in [-0.25, -0.2) is 15.8 Å². The Bertz CT molecular complexity index is 574. The fourth-order valence-electron chi connectivity index (χ4n) is 1.58. The van der Waals surface area contributed by atoms with Gasteiger partial charge in [-0.15, -0.1) is 0 Å². The van der Waals surface area contributed by atoms with Gasteiger partial charge in [0.1, 0.15) is 11.6 Å². The summed E-state index contributed by atoms with van der Waals surface area (Å²) in [5.74, 6) is 7.09. The van der Waals surface area contributed by atoms with Crippen LogP contribution in [0.5, 0.6) is 5.75 Å². The number of nitrogen functional groups attached to an aromatic ring is 1. The van der Waals surface area contributed by atoms with E-state index in [1.54, 1.807) is 25.3 Å². The fraction of sp³-hybridized carbons (Fsp3) is 0.167. The summed E-state index contributed by atoms with van der Waals surface area (Å²) in [7, 11) is 1.57. The quantitative estimate of drug-likeness (QED) is 0.658. The summed E-state index contributed by atoms with van der Waals surface area (Å²) in [5.41, 5.74) is 4.13. The molecule has 0 fully saturated rings. The Morgan fingerprint density at radius 3 is 2.67 bits per heavy atom. The molecule has 0 bridgehead atoms. The summed E-state index contributed by atoms with van der Waals surface area (Å²) in [6.07, 6.45) is 0. The predicted molar refractivity (Wildman–Crippen MR) is 71.6 cm³/mol. The Balaban J connectivity index is 2.48. The van der Waals surface area contributed by atoms with E-state index in [2.05, 4.69) is 15.4 Å². The van der Waals surface area contributed by atoms with Crippen LogP contribution in [0.4, 0.5) is 5.82 Å². The molecule has 0 amide bonds. The van der Waals surface area contributed by atoms with Crippen LogP contribution < -0.4 is 16.0 Å². The van der Waals surface area contributed by atoms with Crippen LogP contribution in [0.25, 0.3) is 11.4 Å². The number of aromatic nitrogens is 2. The first-order chi connectivity index (χ1) is 8.63. The van der Waals surface area contributed by atoms with Crippen molar-refractivity contribution >= 4 is 17.4 Å². The van der Waals surface area contributed by atoms with E-state index in [0.29, 0.717) is 22.4 Å². The molecule has 1 heterocycles. The smallest absolute Gasteiger partial charge is 0.161 e. The Morgan fingerprint density at radius 2 is 2.06 bits per heavy atom. The Labute approximate surface area is 110 Å². The maximum Gasteiger partial charge on any atom is 0.161 e. The van der Waals surface area contributed by atoms with E-state index in [-0.39, 0.29) is 0 Å². The average Bonchev–Trinajstić information content (AvgIpc) is 2.37. The minimum atomic E-state index is 0.516. The predicted octanol–water partition coefficient (Wildman–Crippen LogP) is 2.40. The highest BCUT2D eigenvalue weighted by Gasteiger charge is 2.07. The molecule has 0 radical (unpaired) electrons. The van der Waals surface area contributed by atoms with Gasteiger partial charge < -0.3 is 10.2 Å². The largest absolute Gasteiger partial charge is 0.495 e. The first-order valence-electron chi connectivity index (χ1n) is 5.30. The van der Waals surface area contributed by atoms with Crippen LogP contribution in [0.2, 0.25) is 5.02 Å². The average molecular weight is 265 g/mol. The van der Waals surface area contributed by atoms with Gasteiger partial charge in [-0.1, -0.05) is 11.6 Å². The molecule has 6 heteroatoms. The van der Waals surface area contributed by atoms with E-state index in [9.17, 15) is 0 Å². The molecule has 0 saturated carbocycles. The standard InChI is InChI=1S/C12H13ClN4O/c1-7-5-11(17-14)16-12(15-7)8-3-4-10(18-2)9(13)6-8/h3-6H,14H2,1-2H3,(H,15,16,17). The number of nitrogens with one attached hydrogen (secondary N) is 1. The molecule has 0 spiro atoms. The van der Waals surface area contributed by atoms with Gasteiger partial charge >= 0.3 is 0 Å². The van der Waals surface area contributed by atoms with Crippen molar-refractivity contribution < 1.29 is 4.74 Å². The van der Waals surface area contributed by atoms with E-state index in [1.165, 1.54) is 0 Å².